The number of benzene rings is 1. The lowest BCUT2D eigenvalue weighted by Crippen LogP contribution is -2.35. The molecule has 0 aliphatic heterocycles. The van der Waals surface area contributed by atoms with Crippen LogP contribution in [-0.2, 0) is 11.3 Å². The van der Waals surface area contributed by atoms with Crippen molar-refractivity contribution >= 4 is 17.7 Å². The summed E-state index contributed by atoms with van der Waals surface area (Å²) in [7, 11) is 0. The predicted octanol–water partition coefficient (Wildman–Crippen LogP) is 2.36. The smallest absolute Gasteiger partial charge is 0.320 e. The van der Waals surface area contributed by atoms with Crippen molar-refractivity contribution in [2.45, 2.75) is 30.8 Å². The molecule has 88 valence electrons. The van der Waals surface area contributed by atoms with E-state index < -0.39 is 12.0 Å². The first kappa shape index (κ1) is 13.1. The molecular weight excluding hydrogens is 222 g/mol. The maximum absolute atomic E-state index is 10.8. The van der Waals surface area contributed by atoms with Crippen LogP contribution in [0.25, 0.3) is 0 Å². The van der Waals surface area contributed by atoms with Gasteiger partial charge in [-0.1, -0.05) is 19.1 Å². The molecule has 0 fully saturated rings. The lowest BCUT2D eigenvalue weighted by atomic mass is 10.2. The zero-order valence-electron chi connectivity index (χ0n) is 9.56. The summed E-state index contributed by atoms with van der Waals surface area (Å²) in [6, 6.07) is 7.67. The average molecular weight is 239 g/mol. The van der Waals surface area contributed by atoms with Crippen LogP contribution >= 0.6 is 11.8 Å². The van der Waals surface area contributed by atoms with Crippen molar-refractivity contribution in [3.8, 4) is 0 Å². The molecule has 0 aromatic heterocycles. The number of carboxylic acids is 1. The van der Waals surface area contributed by atoms with Crippen LogP contribution in [0, 0.1) is 0 Å². The van der Waals surface area contributed by atoms with Crippen molar-refractivity contribution in [2.24, 2.45) is 0 Å². The summed E-state index contributed by atoms with van der Waals surface area (Å²) in [6.07, 6.45) is 2.63. The molecule has 4 heteroatoms. The lowest BCUT2D eigenvalue weighted by molar-refractivity contribution is -0.139. The van der Waals surface area contributed by atoms with Crippen molar-refractivity contribution < 1.29 is 9.90 Å². The summed E-state index contributed by atoms with van der Waals surface area (Å²) >= 11 is 1.70. The molecule has 0 aliphatic carbocycles. The number of carbonyl (C=O) groups is 1. The molecule has 0 radical (unpaired) electrons. The minimum Gasteiger partial charge on any atom is -0.480 e. The fraction of sp³-hybridized carbons (Fsp3) is 0.417. The van der Waals surface area contributed by atoms with E-state index in [1.54, 1.807) is 11.8 Å². The fourth-order valence-electron chi connectivity index (χ4n) is 1.39. The highest BCUT2D eigenvalue weighted by Gasteiger charge is 2.13. The SMILES string of the molecule is CCC(NCc1ccc(SC)cc1)C(=O)O. The Labute approximate surface area is 100 Å². The van der Waals surface area contributed by atoms with Crippen LogP contribution in [0.3, 0.4) is 0 Å². The Bertz CT molecular complexity index is 337. The molecule has 0 saturated carbocycles. The monoisotopic (exact) mass is 239 g/mol. The van der Waals surface area contributed by atoms with Crippen molar-refractivity contribution in [3.05, 3.63) is 29.8 Å². The van der Waals surface area contributed by atoms with E-state index >= 15 is 0 Å². The van der Waals surface area contributed by atoms with E-state index in [0.717, 1.165) is 5.56 Å². The number of thioether (sulfide) groups is 1. The molecule has 0 spiro atoms. The van der Waals surface area contributed by atoms with E-state index in [1.807, 2.05) is 37.4 Å². The van der Waals surface area contributed by atoms with Gasteiger partial charge >= 0.3 is 5.97 Å². The van der Waals surface area contributed by atoms with Crippen molar-refractivity contribution in [2.75, 3.05) is 6.26 Å². The Morgan fingerprint density at radius 1 is 1.44 bits per heavy atom. The Morgan fingerprint density at radius 2 is 2.06 bits per heavy atom. The quantitative estimate of drug-likeness (QED) is 0.748. The number of aliphatic carboxylic acids is 1. The number of hydrogen-bond donors (Lipinski definition) is 2. The van der Waals surface area contributed by atoms with E-state index in [0.29, 0.717) is 13.0 Å². The van der Waals surface area contributed by atoms with Gasteiger partial charge in [0, 0.05) is 11.4 Å². The van der Waals surface area contributed by atoms with Crippen LogP contribution in [-0.4, -0.2) is 23.4 Å². The third-order valence-corrected chi connectivity index (χ3v) is 3.16. The highest BCUT2D eigenvalue weighted by atomic mass is 32.2. The van der Waals surface area contributed by atoms with Gasteiger partial charge in [-0.3, -0.25) is 4.79 Å². The zero-order chi connectivity index (χ0) is 12.0. The van der Waals surface area contributed by atoms with Crippen LogP contribution in [0.15, 0.2) is 29.2 Å². The molecule has 1 aromatic carbocycles. The first-order valence-corrected chi connectivity index (χ1v) is 6.49. The zero-order valence-corrected chi connectivity index (χ0v) is 10.4. The van der Waals surface area contributed by atoms with Crippen molar-refractivity contribution in [3.63, 3.8) is 0 Å². The minimum absolute atomic E-state index is 0.458. The van der Waals surface area contributed by atoms with E-state index in [-0.39, 0.29) is 0 Å². The van der Waals surface area contributed by atoms with Gasteiger partial charge in [0.15, 0.2) is 0 Å². The van der Waals surface area contributed by atoms with Crippen LogP contribution in [0.2, 0.25) is 0 Å². The summed E-state index contributed by atoms with van der Waals surface area (Å²) in [6.45, 7) is 2.46. The highest BCUT2D eigenvalue weighted by Crippen LogP contribution is 2.14. The number of rotatable bonds is 6. The molecule has 1 unspecified atom stereocenters. The second-order valence-corrected chi connectivity index (χ2v) is 4.41. The molecule has 1 rings (SSSR count). The minimum atomic E-state index is -0.789. The number of carboxylic acid groups (broad SMARTS) is 1. The first-order chi connectivity index (χ1) is 7.67. The van der Waals surface area contributed by atoms with Gasteiger partial charge in [-0.2, -0.15) is 0 Å². The molecule has 3 nitrogen and oxygen atoms in total. The van der Waals surface area contributed by atoms with E-state index in [4.69, 9.17) is 5.11 Å². The van der Waals surface area contributed by atoms with Gasteiger partial charge in [-0.25, -0.2) is 0 Å². The topological polar surface area (TPSA) is 49.3 Å². The number of hydrogen-bond acceptors (Lipinski definition) is 3. The molecule has 1 aromatic rings. The van der Waals surface area contributed by atoms with Gasteiger partial charge < -0.3 is 10.4 Å². The highest BCUT2D eigenvalue weighted by molar-refractivity contribution is 7.98. The number of nitrogens with one attached hydrogen (secondary N) is 1. The lowest BCUT2D eigenvalue weighted by Gasteiger charge is -2.12. The molecule has 2 N–H and O–H groups in total. The van der Waals surface area contributed by atoms with Crippen molar-refractivity contribution in [1.29, 1.82) is 0 Å². The van der Waals surface area contributed by atoms with Gasteiger partial charge in [0.2, 0.25) is 0 Å². The Balaban J connectivity index is 2.50. The molecule has 16 heavy (non-hydrogen) atoms. The second kappa shape index (κ2) is 6.55. The Hall–Kier alpha value is -1.00. The maximum Gasteiger partial charge on any atom is 0.320 e. The van der Waals surface area contributed by atoms with Gasteiger partial charge in [0.05, 0.1) is 0 Å². The summed E-state index contributed by atoms with van der Waals surface area (Å²) in [5.41, 5.74) is 1.11. The molecule has 1 atom stereocenters. The summed E-state index contributed by atoms with van der Waals surface area (Å²) in [5.74, 6) is -0.789. The molecule has 0 amide bonds. The average Bonchev–Trinajstić information content (AvgIpc) is 2.30. The van der Waals surface area contributed by atoms with Gasteiger partial charge in [0.25, 0.3) is 0 Å². The van der Waals surface area contributed by atoms with E-state index in [1.165, 1.54) is 4.90 Å². The van der Waals surface area contributed by atoms with Gasteiger partial charge in [-0.05, 0) is 30.4 Å². The summed E-state index contributed by atoms with van der Waals surface area (Å²) in [4.78, 5) is 12.0. The van der Waals surface area contributed by atoms with Crippen LogP contribution < -0.4 is 5.32 Å². The summed E-state index contributed by atoms with van der Waals surface area (Å²) < 4.78 is 0. The van der Waals surface area contributed by atoms with Crippen LogP contribution in [0.5, 0.6) is 0 Å². The third-order valence-electron chi connectivity index (χ3n) is 2.42. The van der Waals surface area contributed by atoms with Gasteiger partial charge in [0.1, 0.15) is 6.04 Å². The first-order valence-electron chi connectivity index (χ1n) is 5.26. The maximum atomic E-state index is 10.8. The fourth-order valence-corrected chi connectivity index (χ4v) is 1.80. The second-order valence-electron chi connectivity index (χ2n) is 3.53. The summed E-state index contributed by atoms with van der Waals surface area (Å²) in [5, 5.41) is 11.9. The van der Waals surface area contributed by atoms with E-state index in [2.05, 4.69) is 5.32 Å². The Kier molecular flexibility index (Phi) is 5.35. The van der Waals surface area contributed by atoms with Crippen molar-refractivity contribution in [1.82, 2.24) is 5.32 Å². The van der Waals surface area contributed by atoms with E-state index in [9.17, 15) is 4.79 Å². The molecule has 0 heterocycles. The molecule has 0 saturated heterocycles. The normalized spacial score (nSPS) is 12.4. The molecule has 0 bridgehead atoms. The molecular formula is C12H17NO2S. The van der Waals surface area contributed by atoms with Crippen LogP contribution in [0.1, 0.15) is 18.9 Å². The van der Waals surface area contributed by atoms with Crippen LogP contribution in [0.4, 0.5) is 0 Å². The Morgan fingerprint density at radius 3 is 2.50 bits per heavy atom. The third kappa shape index (κ3) is 3.87. The standard InChI is InChI=1S/C12H17NO2S/c1-3-11(12(14)15)13-8-9-4-6-10(16-2)7-5-9/h4-7,11,13H,3,8H2,1-2H3,(H,14,15). The largest absolute Gasteiger partial charge is 0.480 e. The molecule has 0 aliphatic rings. The van der Waals surface area contributed by atoms with Gasteiger partial charge in [-0.15, -0.1) is 11.8 Å². The predicted molar refractivity (Wildman–Crippen MR) is 66.8 cm³/mol.